The van der Waals surface area contributed by atoms with Crippen LogP contribution in [0.1, 0.15) is 84.0 Å². The number of amides is 2. The van der Waals surface area contributed by atoms with E-state index in [4.69, 9.17) is 26.1 Å². The quantitative estimate of drug-likeness (QED) is 0.301. The van der Waals surface area contributed by atoms with Crippen molar-refractivity contribution in [1.82, 2.24) is 24.1 Å². The van der Waals surface area contributed by atoms with Crippen molar-refractivity contribution in [3.8, 4) is 0 Å². The van der Waals surface area contributed by atoms with E-state index >= 15 is 0 Å². The number of carbonyl (C=O) groups is 2. The molecule has 0 bridgehead atoms. The fourth-order valence-electron chi connectivity index (χ4n) is 6.07. The van der Waals surface area contributed by atoms with Crippen molar-refractivity contribution in [2.75, 3.05) is 18.5 Å². The van der Waals surface area contributed by atoms with Crippen LogP contribution in [0.5, 0.6) is 0 Å². The summed E-state index contributed by atoms with van der Waals surface area (Å²) in [4.78, 5) is 47.1. The molecule has 1 saturated heterocycles. The van der Waals surface area contributed by atoms with Crippen molar-refractivity contribution >= 4 is 46.7 Å². The van der Waals surface area contributed by atoms with Crippen molar-refractivity contribution in [3.05, 3.63) is 67.9 Å². The Kier molecular flexibility index (Phi) is 9.78. The Morgan fingerprint density at radius 3 is 2.55 bits per heavy atom. The second-order valence-electron chi connectivity index (χ2n) is 13.9. The summed E-state index contributed by atoms with van der Waals surface area (Å²) >= 11 is 6.12. The van der Waals surface area contributed by atoms with Crippen LogP contribution in [0.15, 0.2) is 34.6 Å². The number of anilines is 1. The van der Waals surface area contributed by atoms with Gasteiger partial charge in [0.25, 0.3) is 5.56 Å². The van der Waals surface area contributed by atoms with Crippen LogP contribution in [-0.2, 0) is 33.4 Å². The van der Waals surface area contributed by atoms with Crippen LogP contribution in [0.25, 0.3) is 17.4 Å². The van der Waals surface area contributed by atoms with Crippen LogP contribution >= 0.6 is 11.6 Å². The van der Waals surface area contributed by atoms with Crippen LogP contribution in [-0.4, -0.2) is 66.5 Å². The van der Waals surface area contributed by atoms with Crippen LogP contribution < -0.4 is 10.9 Å². The zero-order chi connectivity index (χ0) is 36.1. The first-order valence-electron chi connectivity index (χ1n) is 16.0. The molecular weight excluding hydrogens is 665 g/mol. The lowest BCUT2D eigenvalue weighted by molar-refractivity contribution is -0.137. The standard InChI is InChI=1S/C34H40ClF3N6O5/c1-8-26-23(14-20-16-33(6,7)43(17-20)31(47)49-32(3,4)5)29(46)44-30(40-28(41-44)21-11-12-48-19(2)13-21)42(26)18-27(45)39-25-10-9-22(15-24(25)35)34(36,37)38/h9-11,14-15,19H,8,12-13,16-18H2,1-7H3,(H,39,45)/b20-14+. The van der Waals surface area contributed by atoms with Gasteiger partial charge in [-0.3, -0.25) is 14.5 Å². The fraction of sp³-hybridized carbons (Fsp3) is 0.500. The zero-order valence-corrected chi connectivity index (χ0v) is 29.3. The molecule has 1 atom stereocenters. The van der Waals surface area contributed by atoms with Crippen molar-refractivity contribution in [1.29, 1.82) is 0 Å². The molecule has 2 amide bonds. The number of halogens is 4. The molecule has 1 N–H and O–H groups in total. The van der Waals surface area contributed by atoms with E-state index in [2.05, 4.69) is 10.4 Å². The predicted octanol–water partition coefficient (Wildman–Crippen LogP) is 6.76. The lowest BCUT2D eigenvalue weighted by Crippen LogP contribution is -2.45. The molecule has 264 valence electrons. The molecular formula is C34H40ClF3N6O5. The van der Waals surface area contributed by atoms with E-state index in [0.29, 0.717) is 37.4 Å². The van der Waals surface area contributed by atoms with Gasteiger partial charge in [0, 0.05) is 24.2 Å². The molecule has 49 heavy (non-hydrogen) atoms. The normalized spacial score (nSPS) is 19.0. The smallest absolute Gasteiger partial charge is 0.416 e. The van der Waals surface area contributed by atoms with E-state index in [9.17, 15) is 27.6 Å². The van der Waals surface area contributed by atoms with E-state index in [1.165, 1.54) is 0 Å². The maximum atomic E-state index is 14.2. The van der Waals surface area contributed by atoms with Gasteiger partial charge < -0.3 is 19.4 Å². The second kappa shape index (κ2) is 13.3. The van der Waals surface area contributed by atoms with Crippen molar-refractivity contribution in [3.63, 3.8) is 0 Å². The van der Waals surface area contributed by atoms with Gasteiger partial charge in [-0.2, -0.15) is 22.7 Å². The molecule has 1 unspecified atom stereocenters. The summed E-state index contributed by atoms with van der Waals surface area (Å²) in [5.74, 6) is -0.172. The van der Waals surface area contributed by atoms with Crippen LogP contribution in [0, 0.1) is 0 Å². The maximum absolute atomic E-state index is 14.2. The van der Waals surface area contributed by atoms with E-state index in [0.717, 1.165) is 33.9 Å². The Bertz CT molecular complexity index is 1920. The number of nitrogens with one attached hydrogen (secondary N) is 1. The molecule has 3 aromatic rings. The van der Waals surface area contributed by atoms with E-state index in [1.807, 2.05) is 33.8 Å². The maximum Gasteiger partial charge on any atom is 0.416 e. The van der Waals surface area contributed by atoms with E-state index in [1.54, 1.807) is 36.3 Å². The van der Waals surface area contributed by atoms with Gasteiger partial charge >= 0.3 is 12.3 Å². The summed E-state index contributed by atoms with van der Waals surface area (Å²) < 4.78 is 53.6. The van der Waals surface area contributed by atoms with Crippen molar-refractivity contribution in [2.45, 2.75) is 97.7 Å². The fourth-order valence-corrected chi connectivity index (χ4v) is 6.30. The van der Waals surface area contributed by atoms with Crippen LogP contribution in [0.4, 0.5) is 23.7 Å². The van der Waals surface area contributed by atoms with E-state index in [-0.39, 0.29) is 41.2 Å². The average molecular weight is 705 g/mol. The molecule has 15 heteroatoms. The molecule has 0 spiro atoms. The first kappa shape index (κ1) is 36.1. The number of benzene rings is 1. The van der Waals surface area contributed by atoms with Crippen molar-refractivity contribution < 1.29 is 32.2 Å². The number of alkyl halides is 3. The Morgan fingerprint density at radius 2 is 1.94 bits per heavy atom. The molecule has 4 heterocycles. The highest BCUT2D eigenvalue weighted by Gasteiger charge is 2.40. The topological polar surface area (TPSA) is 120 Å². The Balaban J connectivity index is 1.59. The molecule has 0 saturated carbocycles. The number of hydrogen-bond donors (Lipinski definition) is 1. The molecule has 11 nitrogen and oxygen atoms in total. The van der Waals surface area contributed by atoms with E-state index < -0.39 is 40.4 Å². The Morgan fingerprint density at radius 1 is 1.22 bits per heavy atom. The molecule has 2 aliphatic rings. The molecule has 2 aromatic heterocycles. The molecule has 5 rings (SSSR count). The Hall–Kier alpha value is -4.17. The number of likely N-dealkylation sites (tertiary alicyclic amines) is 1. The zero-order valence-electron chi connectivity index (χ0n) is 28.5. The molecule has 1 fully saturated rings. The number of aromatic nitrogens is 4. The molecule has 0 radical (unpaired) electrons. The molecule has 1 aromatic carbocycles. The number of hydrogen-bond acceptors (Lipinski definition) is 7. The summed E-state index contributed by atoms with van der Waals surface area (Å²) in [5.41, 5.74) is -0.340. The number of ether oxygens (including phenoxy) is 2. The SMILES string of the molecule is CCc1c(/C=C2/CN(C(=O)OC(C)(C)C)C(C)(C)C2)c(=O)n2nc(C3=CCOC(C)C3)nc2n1CC(=O)Nc1ccc(C(F)(F)F)cc1Cl. The monoisotopic (exact) mass is 704 g/mol. The minimum absolute atomic E-state index is 0.00366. The highest BCUT2D eigenvalue weighted by molar-refractivity contribution is 6.33. The third-order valence-corrected chi connectivity index (χ3v) is 8.63. The number of nitrogens with zero attached hydrogens (tertiary/aromatic N) is 5. The van der Waals surface area contributed by atoms with Crippen LogP contribution in [0.2, 0.25) is 5.02 Å². The van der Waals surface area contributed by atoms with Gasteiger partial charge in [-0.05, 0) is 89.8 Å². The van der Waals surface area contributed by atoms with Gasteiger partial charge in [0.05, 0.1) is 34.5 Å². The first-order chi connectivity index (χ1) is 22.8. The van der Waals surface area contributed by atoms with Gasteiger partial charge in [0.15, 0.2) is 5.82 Å². The third-order valence-electron chi connectivity index (χ3n) is 8.32. The molecule has 0 aliphatic carbocycles. The van der Waals surface area contributed by atoms with Crippen LogP contribution in [0.3, 0.4) is 0 Å². The summed E-state index contributed by atoms with van der Waals surface area (Å²) in [6.45, 7) is 13.2. The lowest BCUT2D eigenvalue weighted by Gasteiger charge is -2.33. The highest BCUT2D eigenvalue weighted by atomic mass is 35.5. The van der Waals surface area contributed by atoms with Gasteiger partial charge in [-0.25, -0.2) is 4.79 Å². The number of carbonyl (C=O) groups excluding carboxylic acids is 2. The first-order valence-corrected chi connectivity index (χ1v) is 16.4. The minimum Gasteiger partial charge on any atom is -0.444 e. The lowest BCUT2D eigenvalue weighted by atomic mass is 9.98. The predicted molar refractivity (Wildman–Crippen MR) is 179 cm³/mol. The Labute approximate surface area is 286 Å². The molecule has 2 aliphatic heterocycles. The highest BCUT2D eigenvalue weighted by Crippen LogP contribution is 2.36. The number of fused-ring (bicyclic) bond motifs is 1. The second-order valence-corrected chi connectivity index (χ2v) is 14.3. The average Bonchev–Trinajstić information content (AvgIpc) is 3.56. The summed E-state index contributed by atoms with van der Waals surface area (Å²) in [7, 11) is 0. The summed E-state index contributed by atoms with van der Waals surface area (Å²) in [5, 5.41) is 6.88. The third kappa shape index (κ3) is 7.85. The van der Waals surface area contributed by atoms with Crippen molar-refractivity contribution in [2.24, 2.45) is 0 Å². The summed E-state index contributed by atoms with van der Waals surface area (Å²) in [6.07, 6.45) is -0.274. The van der Waals surface area contributed by atoms with Gasteiger partial charge in [-0.1, -0.05) is 24.6 Å². The van der Waals surface area contributed by atoms with Gasteiger partial charge in [0.1, 0.15) is 12.1 Å². The largest absolute Gasteiger partial charge is 0.444 e. The minimum atomic E-state index is -4.60. The van der Waals surface area contributed by atoms with Gasteiger partial charge in [-0.15, -0.1) is 5.10 Å². The summed E-state index contributed by atoms with van der Waals surface area (Å²) in [6, 6.07) is 2.66. The number of rotatable bonds is 6. The van der Waals surface area contributed by atoms with Gasteiger partial charge in [0.2, 0.25) is 11.7 Å².